The first-order valence-corrected chi connectivity index (χ1v) is 9.06. The average Bonchev–Trinajstić information content (AvgIpc) is 2.67. The SMILES string of the molecule is CCCOc1c(Cl)cc(/C=N/Nc2ccc([N+](=O)[O-])cc2[N+](=O)[O-])cc1OCC. The lowest BCUT2D eigenvalue weighted by Crippen LogP contribution is -2.02. The number of nitro groups is 2. The Morgan fingerprint density at radius 1 is 1.14 bits per heavy atom. The number of hydrogen-bond acceptors (Lipinski definition) is 8. The minimum Gasteiger partial charge on any atom is -0.490 e. The van der Waals surface area contributed by atoms with E-state index in [2.05, 4.69) is 10.5 Å². The van der Waals surface area contributed by atoms with Crippen LogP contribution in [-0.2, 0) is 0 Å². The van der Waals surface area contributed by atoms with Crippen LogP contribution < -0.4 is 14.9 Å². The van der Waals surface area contributed by atoms with Crippen molar-refractivity contribution in [2.24, 2.45) is 5.10 Å². The van der Waals surface area contributed by atoms with Crippen LogP contribution in [-0.4, -0.2) is 29.3 Å². The molecular weight excluding hydrogens is 404 g/mol. The number of non-ortho nitro benzene ring substituents is 1. The maximum Gasteiger partial charge on any atom is 0.301 e. The highest BCUT2D eigenvalue weighted by Gasteiger charge is 2.19. The molecule has 0 bridgehead atoms. The van der Waals surface area contributed by atoms with Crippen molar-refractivity contribution in [1.29, 1.82) is 0 Å². The number of ether oxygens (including phenoxy) is 2. The van der Waals surface area contributed by atoms with Crippen LogP contribution in [0.4, 0.5) is 17.1 Å². The van der Waals surface area contributed by atoms with Crippen LogP contribution in [0, 0.1) is 20.2 Å². The first kappa shape index (κ1) is 21.9. The van der Waals surface area contributed by atoms with Gasteiger partial charge in [-0.25, -0.2) is 0 Å². The summed E-state index contributed by atoms with van der Waals surface area (Å²) in [7, 11) is 0. The van der Waals surface area contributed by atoms with Gasteiger partial charge in [-0.3, -0.25) is 25.7 Å². The molecule has 154 valence electrons. The number of anilines is 1. The van der Waals surface area contributed by atoms with Crippen LogP contribution in [0.15, 0.2) is 35.4 Å². The molecule has 0 unspecified atom stereocenters. The number of hydrazone groups is 1. The van der Waals surface area contributed by atoms with E-state index in [1.165, 1.54) is 12.3 Å². The van der Waals surface area contributed by atoms with Crippen LogP contribution in [0.25, 0.3) is 0 Å². The van der Waals surface area contributed by atoms with Gasteiger partial charge in [-0.05, 0) is 37.1 Å². The Morgan fingerprint density at radius 3 is 2.52 bits per heavy atom. The van der Waals surface area contributed by atoms with E-state index in [1.807, 2.05) is 13.8 Å². The fourth-order valence-electron chi connectivity index (χ4n) is 2.33. The van der Waals surface area contributed by atoms with Crippen molar-refractivity contribution in [2.45, 2.75) is 20.3 Å². The molecule has 29 heavy (non-hydrogen) atoms. The van der Waals surface area contributed by atoms with E-state index in [-0.39, 0.29) is 11.4 Å². The molecule has 0 amide bonds. The second-order valence-corrected chi connectivity index (χ2v) is 6.10. The summed E-state index contributed by atoms with van der Waals surface area (Å²) in [6.07, 6.45) is 2.20. The van der Waals surface area contributed by atoms with E-state index in [1.54, 1.807) is 12.1 Å². The molecule has 0 aliphatic heterocycles. The molecule has 0 radical (unpaired) electrons. The zero-order valence-electron chi connectivity index (χ0n) is 15.8. The number of nitro benzene ring substituents is 2. The summed E-state index contributed by atoms with van der Waals surface area (Å²) in [4.78, 5) is 20.5. The van der Waals surface area contributed by atoms with Crippen molar-refractivity contribution in [1.82, 2.24) is 0 Å². The van der Waals surface area contributed by atoms with Gasteiger partial charge >= 0.3 is 5.69 Å². The number of benzene rings is 2. The Balaban J connectivity index is 2.26. The van der Waals surface area contributed by atoms with Crippen molar-refractivity contribution in [2.75, 3.05) is 18.6 Å². The highest BCUT2D eigenvalue weighted by molar-refractivity contribution is 6.32. The van der Waals surface area contributed by atoms with Gasteiger partial charge in [-0.2, -0.15) is 5.10 Å². The summed E-state index contributed by atoms with van der Waals surface area (Å²) in [5.74, 6) is 0.891. The standard InChI is InChI=1S/C18H19ClN4O6/c1-3-7-29-18-14(19)8-12(9-17(18)28-4-2)11-20-21-15-6-5-13(22(24)25)10-16(15)23(26)27/h5-6,8-11,21H,3-4,7H2,1-2H3/b20-11+. The molecule has 0 fully saturated rings. The van der Waals surface area contributed by atoms with Gasteiger partial charge < -0.3 is 9.47 Å². The maximum absolute atomic E-state index is 11.2. The van der Waals surface area contributed by atoms with Crippen molar-refractivity contribution < 1.29 is 19.3 Å². The minimum atomic E-state index is -0.727. The van der Waals surface area contributed by atoms with Gasteiger partial charge in [-0.15, -0.1) is 0 Å². The number of nitrogens with one attached hydrogen (secondary N) is 1. The van der Waals surface area contributed by atoms with Crippen LogP contribution in [0.3, 0.4) is 0 Å². The summed E-state index contributed by atoms with van der Waals surface area (Å²) in [6, 6.07) is 6.52. The molecule has 1 N–H and O–H groups in total. The largest absolute Gasteiger partial charge is 0.490 e. The zero-order chi connectivity index (χ0) is 21.4. The van der Waals surface area contributed by atoms with E-state index in [9.17, 15) is 20.2 Å². The first-order valence-electron chi connectivity index (χ1n) is 8.68. The van der Waals surface area contributed by atoms with E-state index >= 15 is 0 Å². The summed E-state index contributed by atoms with van der Waals surface area (Å²) in [5.41, 5.74) is 2.25. The van der Waals surface area contributed by atoms with Crippen molar-refractivity contribution in [3.05, 3.63) is 61.1 Å². The third-order valence-electron chi connectivity index (χ3n) is 3.57. The molecule has 0 saturated carbocycles. The van der Waals surface area contributed by atoms with Crippen LogP contribution in [0.2, 0.25) is 5.02 Å². The fraction of sp³-hybridized carbons (Fsp3) is 0.278. The highest BCUT2D eigenvalue weighted by Crippen LogP contribution is 2.36. The number of nitrogens with zero attached hydrogens (tertiary/aromatic N) is 3. The van der Waals surface area contributed by atoms with E-state index in [0.717, 1.165) is 18.6 Å². The van der Waals surface area contributed by atoms with E-state index < -0.39 is 15.5 Å². The van der Waals surface area contributed by atoms with Crippen molar-refractivity contribution >= 4 is 34.9 Å². The maximum atomic E-state index is 11.2. The van der Waals surface area contributed by atoms with Crippen molar-refractivity contribution in [3.8, 4) is 11.5 Å². The number of rotatable bonds is 10. The molecule has 0 atom stereocenters. The quantitative estimate of drug-likeness (QED) is 0.331. The summed E-state index contributed by atoms with van der Waals surface area (Å²) >= 11 is 6.28. The zero-order valence-corrected chi connectivity index (χ0v) is 16.5. The molecule has 10 nitrogen and oxygen atoms in total. The number of hydrogen-bond donors (Lipinski definition) is 1. The molecule has 0 heterocycles. The molecule has 2 rings (SSSR count). The smallest absolute Gasteiger partial charge is 0.301 e. The molecule has 2 aromatic rings. The third kappa shape index (κ3) is 5.79. The molecule has 0 aromatic heterocycles. The van der Waals surface area contributed by atoms with E-state index in [4.69, 9.17) is 21.1 Å². The lowest BCUT2D eigenvalue weighted by Gasteiger charge is -2.13. The van der Waals surface area contributed by atoms with Gasteiger partial charge in [0.05, 0.1) is 40.4 Å². The van der Waals surface area contributed by atoms with Gasteiger partial charge in [0.2, 0.25) is 0 Å². The highest BCUT2D eigenvalue weighted by atomic mass is 35.5. The monoisotopic (exact) mass is 422 g/mol. The van der Waals surface area contributed by atoms with Gasteiger partial charge in [0.25, 0.3) is 5.69 Å². The summed E-state index contributed by atoms with van der Waals surface area (Å²) in [5, 5.41) is 26.3. The molecule has 0 spiro atoms. The van der Waals surface area contributed by atoms with Gasteiger partial charge in [0.1, 0.15) is 5.69 Å². The predicted molar refractivity (Wildman–Crippen MR) is 109 cm³/mol. The third-order valence-corrected chi connectivity index (χ3v) is 3.85. The Morgan fingerprint density at radius 2 is 1.90 bits per heavy atom. The molecular formula is C18H19ClN4O6. The van der Waals surface area contributed by atoms with Gasteiger partial charge in [0, 0.05) is 6.07 Å². The predicted octanol–water partition coefficient (Wildman–Crippen LogP) is 4.79. The average molecular weight is 423 g/mol. The molecule has 11 heteroatoms. The topological polar surface area (TPSA) is 129 Å². The minimum absolute atomic E-state index is 0.0101. The van der Waals surface area contributed by atoms with Crippen LogP contribution >= 0.6 is 11.6 Å². The van der Waals surface area contributed by atoms with Gasteiger partial charge in [-0.1, -0.05) is 18.5 Å². The number of halogens is 1. The normalized spacial score (nSPS) is 10.7. The van der Waals surface area contributed by atoms with Crippen molar-refractivity contribution in [3.63, 3.8) is 0 Å². The Kier molecular flexibility index (Phi) is 7.72. The van der Waals surface area contributed by atoms with E-state index in [0.29, 0.717) is 35.3 Å². The summed E-state index contributed by atoms with van der Waals surface area (Å²) in [6.45, 7) is 4.69. The first-order chi connectivity index (χ1) is 13.9. The lowest BCUT2D eigenvalue weighted by atomic mass is 10.2. The van der Waals surface area contributed by atoms with Gasteiger partial charge in [0.15, 0.2) is 11.5 Å². The lowest BCUT2D eigenvalue weighted by molar-refractivity contribution is -0.393. The van der Waals surface area contributed by atoms with Crippen LogP contribution in [0.5, 0.6) is 11.5 Å². The fourth-order valence-corrected chi connectivity index (χ4v) is 2.60. The van der Waals surface area contributed by atoms with Crippen LogP contribution in [0.1, 0.15) is 25.8 Å². The molecule has 0 saturated heterocycles. The second kappa shape index (κ2) is 10.2. The molecule has 0 aliphatic rings. The molecule has 0 aliphatic carbocycles. The Bertz CT molecular complexity index is 935. The molecule has 2 aromatic carbocycles. The Hall–Kier alpha value is -3.40. The Labute approximate surface area is 171 Å². The summed E-state index contributed by atoms with van der Waals surface area (Å²) < 4.78 is 11.2. The second-order valence-electron chi connectivity index (χ2n) is 5.70.